The lowest BCUT2D eigenvalue weighted by Crippen LogP contribution is -2.60. The Kier molecular flexibility index (Phi) is 23.2. The van der Waals surface area contributed by atoms with Crippen molar-refractivity contribution in [1.29, 1.82) is 0 Å². The summed E-state index contributed by atoms with van der Waals surface area (Å²) in [6.45, 7) is 2.78. The number of carbonyl (C=O) groups excluding carboxylic acids is 8. The molecule has 6 aromatic rings. The lowest BCUT2D eigenvalue weighted by molar-refractivity contribution is -0.277. The Labute approximate surface area is 667 Å². The summed E-state index contributed by atoms with van der Waals surface area (Å²) >= 11 is 14.2. The van der Waals surface area contributed by atoms with Crippen LogP contribution in [0.25, 0.3) is 11.1 Å². The first-order valence-corrected chi connectivity index (χ1v) is 39.7. The molecule has 115 heavy (non-hydrogen) atoms. The Balaban J connectivity index is 0.958. The van der Waals surface area contributed by atoms with E-state index in [1.807, 2.05) is 4.72 Å². The number of aliphatic hydroxyl groups is 8. The topological polar surface area (TPSA) is 533 Å². The Bertz CT molecular complexity index is 4950. The predicted octanol–water partition coefficient (Wildman–Crippen LogP) is 1.17. The summed E-state index contributed by atoms with van der Waals surface area (Å²) in [5.74, 6) is -15.5. The number of nitrogens with two attached hydrogens (primary N) is 1. The molecule has 8 amide bonds. The van der Waals surface area contributed by atoms with E-state index >= 15 is 28.8 Å². The highest BCUT2D eigenvalue weighted by Crippen LogP contribution is 2.56. The van der Waals surface area contributed by atoms with E-state index in [1.54, 1.807) is 13.8 Å². The zero-order valence-electron chi connectivity index (χ0n) is 61.8. The van der Waals surface area contributed by atoms with E-state index in [9.17, 15) is 64.0 Å². The van der Waals surface area contributed by atoms with E-state index < -0.39 is 216 Å². The summed E-state index contributed by atoms with van der Waals surface area (Å²) in [6.07, 6.45) is -11.1. The van der Waals surface area contributed by atoms with Gasteiger partial charge in [0.05, 0.1) is 34.0 Å². The Morgan fingerprint density at radius 1 is 0.661 bits per heavy atom. The first kappa shape index (κ1) is 81.7. The van der Waals surface area contributed by atoms with Gasteiger partial charge in [-0.15, -0.1) is 0 Å². The fraction of sp³-hybridized carbons (Fsp3) is 0.436. The van der Waals surface area contributed by atoms with Crippen LogP contribution in [0.2, 0.25) is 10.0 Å². The van der Waals surface area contributed by atoms with E-state index in [0.717, 1.165) is 92.8 Å². The molecule has 17 rings (SSSR count). The highest BCUT2D eigenvalue weighted by atomic mass is 35.5. The van der Waals surface area contributed by atoms with Crippen molar-refractivity contribution in [3.63, 3.8) is 0 Å². The van der Waals surface area contributed by atoms with Gasteiger partial charge in [0.1, 0.15) is 102 Å². The van der Waals surface area contributed by atoms with Crippen LogP contribution in [0.15, 0.2) is 108 Å². The van der Waals surface area contributed by atoms with Crippen LogP contribution in [0.3, 0.4) is 0 Å². The van der Waals surface area contributed by atoms with Gasteiger partial charge in [-0.05, 0) is 193 Å². The van der Waals surface area contributed by atoms with E-state index in [0.29, 0.717) is 11.8 Å². The molecule has 34 nitrogen and oxygen atoms in total. The first-order chi connectivity index (χ1) is 54.7. The molecule has 15 bridgehead atoms. The van der Waals surface area contributed by atoms with Crippen LogP contribution in [0.4, 0.5) is 0 Å². The van der Waals surface area contributed by atoms with Gasteiger partial charge < -0.3 is 118 Å². The summed E-state index contributed by atoms with van der Waals surface area (Å²) in [5.41, 5.74) is 3.22. The van der Waals surface area contributed by atoms with Crippen LogP contribution < -0.4 is 71.9 Å². The number of likely N-dealkylation sites (N-methyl/N-ethyl adjacent to an activating group) is 1. The number of rotatable bonds is 17. The lowest BCUT2D eigenvalue weighted by atomic mass is 9.54. The zero-order valence-corrected chi connectivity index (χ0v) is 64.2. The smallest absolute Gasteiger partial charge is 0.264 e. The van der Waals surface area contributed by atoms with Crippen molar-refractivity contribution in [2.75, 3.05) is 26.8 Å². The minimum atomic E-state index is -4.90. The molecule has 4 saturated carbocycles. The maximum absolute atomic E-state index is 16.4. The SMILES string of the molecule is CNC(CC(C)C)C(=O)NC1C(=O)NC(CC(=O)NS(=O)(=O)c2ccc(OCCN)cc2)C(=O)NC2C(=O)NC3C(=O)NC(C(=O)N[C@H](C(=O)NC4C5CC6CC(C5)CC4C6)c4cc(O)cc5c4-c4cc3ccc4C5(O)O)C(O)c3ccc(c(Cl)c3)Oc3cc2cc(c3OC2OC(CO)C(O)C(O)C2O)Oc2ccc(cc2Cl)C1O. The molecule has 0 spiro atoms. The summed E-state index contributed by atoms with van der Waals surface area (Å²) in [7, 11) is -3.45. The first-order valence-electron chi connectivity index (χ1n) is 37.4. The van der Waals surface area contributed by atoms with Crippen molar-refractivity contribution < 1.29 is 116 Å². The van der Waals surface area contributed by atoms with E-state index in [2.05, 4.69) is 42.5 Å². The number of carbonyl (C=O) groups is 8. The number of benzene rings is 6. The van der Waals surface area contributed by atoms with Crippen molar-refractivity contribution in [3.05, 3.63) is 152 Å². The second-order valence-corrected chi connectivity index (χ2v) is 33.2. The molecule has 6 heterocycles. The molecule has 0 radical (unpaired) electrons. The van der Waals surface area contributed by atoms with Crippen molar-refractivity contribution in [1.82, 2.24) is 47.3 Å². The number of phenols is 1. The van der Waals surface area contributed by atoms with Gasteiger partial charge in [0.15, 0.2) is 11.5 Å². The van der Waals surface area contributed by atoms with Gasteiger partial charge in [-0.25, -0.2) is 13.1 Å². The molecule has 11 aliphatic rings. The average Bonchev–Trinajstić information content (AvgIpc) is 1.56. The zero-order chi connectivity index (χ0) is 82.1. The highest BCUT2D eigenvalue weighted by molar-refractivity contribution is 7.90. The third-order valence-electron chi connectivity index (χ3n) is 22.5. The molecule has 5 fully saturated rings. The third-order valence-corrected chi connectivity index (χ3v) is 24.5. The molecular weight excluding hydrogens is 1560 g/mol. The fourth-order valence-corrected chi connectivity index (χ4v) is 18.5. The number of ether oxygens (including phenoxy) is 5. The molecule has 14 atom stereocenters. The number of nitrogens with one attached hydrogen (secondary N) is 9. The Hall–Kier alpha value is -9.83. The van der Waals surface area contributed by atoms with Gasteiger partial charge in [-0.1, -0.05) is 61.3 Å². The van der Waals surface area contributed by atoms with Gasteiger partial charge >= 0.3 is 0 Å². The highest BCUT2D eigenvalue weighted by Gasteiger charge is 2.52. The number of hydrogen-bond acceptors (Lipinski definition) is 26. The maximum atomic E-state index is 16.4. The standard InChI is InChI=1S/C78H86Cl2N10O24S/c1-31(2)16-49(82-3)70(99)88-62-64(94)35-5-12-51(47(79)23-35)111-53-25-39-26-54(69(53)114-77-68(98)67(97)66(96)55(30-91)113-77)112-52-13-6-36(24-48(52)80)65(95)63-76(105)87-61(74(103)84-58-37-18-32-17-33(20-37)21-38(58)19-32)44-27-40(92)28-46-57(44)43-22-34(4-11-45(43)78(46,106)107)59(72(101)89-63)86-73(102)60(39)85-71(100)50(83-75(62)104)29-56(93)90-115(108,109)42-9-7-41(8-10-42)110-15-14-81/h4-13,22-28,31-33,37-38,49-50,55,58-68,77,82,91-92,94-98,106-107H,14-21,29-30,81H2,1-3H3,(H,83,104)(H,84,103)(H,85,100)(H,86,102)(H,87,105)(H,88,99)(H,89,101)(H,90,93)/t32?,33?,37?,38?,49?,50?,55?,58?,59?,60?,61-,62?,63?,64?,65?,66?,67?,68?,77?/m0/s1. The predicted molar refractivity (Wildman–Crippen MR) is 403 cm³/mol. The number of aromatic hydroxyl groups is 1. The third kappa shape index (κ3) is 16.3. The van der Waals surface area contributed by atoms with E-state index in [1.165, 1.54) is 49.5 Å². The monoisotopic (exact) mass is 1650 g/mol. The second kappa shape index (κ2) is 32.7. The molecule has 37 heteroatoms. The van der Waals surface area contributed by atoms with Gasteiger partial charge in [0.2, 0.25) is 65.1 Å². The number of sulfonamides is 1. The number of phenolic OH excluding ortho intramolecular Hbond substituents is 1. The molecule has 20 N–H and O–H groups in total. The number of fused-ring (bicyclic) bond motifs is 12. The molecular formula is C78H86Cl2N10O24S. The van der Waals surface area contributed by atoms with Crippen molar-refractivity contribution >= 4 is 80.5 Å². The van der Waals surface area contributed by atoms with Crippen LogP contribution >= 0.6 is 23.2 Å². The number of amides is 8. The summed E-state index contributed by atoms with van der Waals surface area (Å²) in [4.78, 5) is 123. The van der Waals surface area contributed by atoms with Gasteiger partial charge in [-0.2, -0.15) is 0 Å². The van der Waals surface area contributed by atoms with Crippen LogP contribution in [-0.4, -0.2) is 189 Å². The van der Waals surface area contributed by atoms with E-state index in [-0.39, 0.29) is 93.8 Å². The number of hydrogen-bond donors (Lipinski definition) is 19. The van der Waals surface area contributed by atoms with Crippen LogP contribution in [0.1, 0.15) is 128 Å². The average molecular weight is 1650 g/mol. The van der Waals surface area contributed by atoms with Crippen LogP contribution in [0, 0.1) is 29.6 Å². The summed E-state index contributed by atoms with van der Waals surface area (Å²) in [6, 6.07) is 4.64. The van der Waals surface area contributed by atoms with Gasteiger partial charge in [0, 0.05) is 23.7 Å². The molecule has 6 aromatic carbocycles. The molecule has 6 aliphatic heterocycles. The Morgan fingerprint density at radius 2 is 1.27 bits per heavy atom. The summed E-state index contributed by atoms with van der Waals surface area (Å²) < 4.78 is 60.9. The van der Waals surface area contributed by atoms with Crippen LogP contribution in [0.5, 0.6) is 40.2 Å². The molecule has 0 aromatic heterocycles. The largest absolute Gasteiger partial charge is 0.508 e. The normalized spacial score (nSPS) is 28.8. The summed E-state index contributed by atoms with van der Waals surface area (Å²) in [5, 5.41) is 126. The minimum Gasteiger partial charge on any atom is -0.508 e. The maximum Gasteiger partial charge on any atom is 0.264 e. The minimum absolute atomic E-state index is 0.0517. The molecule has 5 aliphatic carbocycles. The number of halogens is 2. The second-order valence-electron chi connectivity index (χ2n) is 30.7. The van der Waals surface area contributed by atoms with E-state index in [4.69, 9.17) is 52.6 Å². The van der Waals surface area contributed by atoms with Gasteiger partial charge in [-0.3, -0.25) is 38.4 Å². The molecule has 1 saturated heterocycles. The van der Waals surface area contributed by atoms with Crippen molar-refractivity contribution in [2.45, 2.75) is 161 Å². The fourth-order valence-electron chi connectivity index (χ4n) is 17.0. The quantitative estimate of drug-likeness (QED) is 0.0570. The number of aliphatic hydroxyl groups excluding tert-OH is 6. The lowest BCUT2D eigenvalue weighted by Gasteiger charge is -2.54. The van der Waals surface area contributed by atoms with Gasteiger partial charge in [0.25, 0.3) is 10.0 Å². The van der Waals surface area contributed by atoms with Crippen molar-refractivity contribution in [2.24, 2.45) is 35.3 Å². The van der Waals surface area contributed by atoms with Crippen LogP contribution in [-0.2, 0) is 58.9 Å². The van der Waals surface area contributed by atoms with Crippen molar-refractivity contribution in [3.8, 4) is 51.4 Å². The molecule has 612 valence electrons. The Morgan fingerprint density at radius 3 is 1.88 bits per heavy atom. The molecule has 13 unspecified atom stereocenters.